The number of aromatic nitrogens is 2. The van der Waals surface area contributed by atoms with Crippen LogP contribution in [0.25, 0.3) is 10.2 Å². The second kappa shape index (κ2) is 4.86. The average molecular weight is 289 g/mol. The number of piperazine rings is 1. The van der Waals surface area contributed by atoms with E-state index in [4.69, 9.17) is 10.7 Å². The Kier molecular flexibility index (Phi) is 3.00. The number of anilines is 2. The number of aryl methyl sites for hydroxylation is 2. The first-order valence-electron chi connectivity index (χ1n) is 7.36. The second-order valence-electron chi connectivity index (χ2n) is 5.54. The van der Waals surface area contributed by atoms with Crippen LogP contribution in [0.4, 0.5) is 11.8 Å². The molecule has 6 heteroatoms. The van der Waals surface area contributed by atoms with Crippen LogP contribution in [0.5, 0.6) is 0 Å². The van der Waals surface area contributed by atoms with E-state index in [-0.39, 0.29) is 0 Å². The summed E-state index contributed by atoms with van der Waals surface area (Å²) in [5, 5.41) is 4.48. The highest BCUT2D eigenvalue weighted by Crippen LogP contribution is 2.38. The summed E-state index contributed by atoms with van der Waals surface area (Å²) in [5.41, 5.74) is 7.66. The molecule has 2 aromatic heterocycles. The Balaban J connectivity index is 1.81. The number of hydrogen-bond donors (Lipinski definition) is 2. The third kappa shape index (κ3) is 1.94. The van der Waals surface area contributed by atoms with Crippen molar-refractivity contribution in [3.63, 3.8) is 0 Å². The number of fused-ring (bicyclic) bond motifs is 3. The number of thiophene rings is 1. The lowest BCUT2D eigenvalue weighted by Gasteiger charge is -2.27. The summed E-state index contributed by atoms with van der Waals surface area (Å²) in [6.07, 6.45) is 4.87. The highest BCUT2D eigenvalue weighted by atomic mass is 32.1. The largest absolute Gasteiger partial charge is 0.383 e. The normalized spacial score (nSPS) is 19.3. The summed E-state index contributed by atoms with van der Waals surface area (Å²) in [6.45, 7) is 3.89. The summed E-state index contributed by atoms with van der Waals surface area (Å²) in [5.74, 6) is 1.47. The molecule has 0 bridgehead atoms. The molecule has 0 radical (unpaired) electrons. The average Bonchev–Trinajstić information content (AvgIpc) is 2.87. The van der Waals surface area contributed by atoms with Crippen LogP contribution >= 0.6 is 11.3 Å². The van der Waals surface area contributed by atoms with Crippen molar-refractivity contribution in [3.05, 3.63) is 10.4 Å². The van der Waals surface area contributed by atoms with Crippen LogP contribution < -0.4 is 16.0 Å². The van der Waals surface area contributed by atoms with Gasteiger partial charge < -0.3 is 16.0 Å². The van der Waals surface area contributed by atoms with Gasteiger partial charge in [0, 0.05) is 31.1 Å². The van der Waals surface area contributed by atoms with E-state index in [9.17, 15) is 0 Å². The van der Waals surface area contributed by atoms with Gasteiger partial charge in [-0.25, -0.2) is 4.98 Å². The van der Waals surface area contributed by atoms with Gasteiger partial charge in [0.2, 0.25) is 5.95 Å². The van der Waals surface area contributed by atoms with Crippen molar-refractivity contribution in [3.8, 4) is 0 Å². The molecule has 3 heterocycles. The van der Waals surface area contributed by atoms with Gasteiger partial charge in [0.15, 0.2) is 0 Å². The zero-order chi connectivity index (χ0) is 13.5. The first-order chi connectivity index (χ1) is 9.83. The molecule has 1 aliphatic carbocycles. The fourth-order valence-corrected chi connectivity index (χ4v) is 4.44. The van der Waals surface area contributed by atoms with E-state index in [1.807, 2.05) is 11.3 Å². The molecular weight excluding hydrogens is 270 g/mol. The first-order valence-corrected chi connectivity index (χ1v) is 8.18. The van der Waals surface area contributed by atoms with Gasteiger partial charge in [0.25, 0.3) is 0 Å². The number of nitrogens with one attached hydrogen (secondary N) is 1. The third-order valence-electron chi connectivity index (χ3n) is 4.23. The topological polar surface area (TPSA) is 67.1 Å². The van der Waals surface area contributed by atoms with Crippen LogP contribution in [0.15, 0.2) is 0 Å². The van der Waals surface area contributed by atoms with Gasteiger partial charge >= 0.3 is 0 Å². The maximum absolute atomic E-state index is 6.25. The fourth-order valence-electron chi connectivity index (χ4n) is 3.18. The Morgan fingerprint density at radius 3 is 2.75 bits per heavy atom. The van der Waals surface area contributed by atoms with Gasteiger partial charge in [-0.1, -0.05) is 0 Å². The molecule has 106 valence electrons. The van der Waals surface area contributed by atoms with Crippen LogP contribution in [0.1, 0.15) is 23.3 Å². The van der Waals surface area contributed by atoms with Gasteiger partial charge in [-0.2, -0.15) is 4.98 Å². The summed E-state index contributed by atoms with van der Waals surface area (Å²) in [7, 11) is 0. The van der Waals surface area contributed by atoms with Crippen LogP contribution in [0, 0.1) is 0 Å². The van der Waals surface area contributed by atoms with E-state index in [0.717, 1.165) is 48.8 Å². The summed E-state index contributed by atoms with van der Waals surface area (Å²) in [4.78, 5) is 14.2. The third-order valence-corrected chi connectivity index (χ3v) is 5.42. The van der Waals surface area contributed by atoms with Crippen LogP contribution in [-0.4, -0.2) is 36.1 Å². The molecule has 0 spiro atoms. The molecular formula is C14H19N5S. The smallest absolute Gasteiger partial charge is 0.228 e. The lowest BCUT2D eigenvalue weighted by Crippen LogP contribution is -2.44. The number of nitrogens with zero attached hydrogens (tertiary/aromatic N) is 3. The van der Waals surface area contributed by atoms with Gasteiger partial charge in [0.1, 0.15) is 10.6 Å². The molecule has 1 saturated heterocycles. The lowest BCUT2D eigenvalue weighted by atomic mass is 9.97. The molecule has 2 aromatic rings. The molecule has 4 rings (SSSR count). The van der Waals surface area contributed by atoms with E-state index in [0.29, 0.717) is 5.82 Å². The van der Waals surface area contributed by atoms with Crippen molar-refractivity contribution in [2.75, 3.05) is 36.8 Å². The van der Waals surface area contributed by atoms with Gasteiger partial charge in [-0.15, -0.1) is 11.3 Å². The van der Waals surface area contributed by atoms with Crippen molar-refractivity contribution in [1.29, 1.82) is 0 Å². The minimum atomic E-state index is 0.669. The van der Waals surface area contributed by atoms with Crippen molar-refractivity contribution >= 4 is 33.3 Å². The van der Waals surface area contributed by atoms with Gasteiger partial charge in [0.05, 0.1) is 5.39 Å². The lowest BCUT2D eigenvalue weighted by molar-refractivity contribution is 0.581. The van der Waals surface area contributed by atoms with Crippen LogP contribution in [0.3, 0.4) is 0 Å². The molecule has 0 amide bonds. The molecule has 0 unspecified atom stereocenters. The second-order valence-corrected chi connectivity index (χ2v) is 6.62. The number of rotatable bonds is 1. The van der Waals surface area contributed by atoms with Crippen LogP contribution in [0.2, 0.25) is 0 Å². The quantitative estimate of drug-likeness (QED) is 0.834. The maximum atomic E-state index is 6.25. The van der Waals surface area contributed by atoms with Gasteiger partial charge in [-0.05, 0) is 31.2 Å². The van der Waals surface area contributed by atoms with E-state index in [1.165, 1.54) is 29.7 Å². The van der Waals surface area contributed by atoms with Gasteiger partial charge in [-0.3, -0.25) is 0 Å². The Morgan fingerprint density at radius 1 is 1.10 bits per heavy atom. The Morgan fingerprint density at radius 2 is 1.90 bits per heavy atom. The molecule has 1 aliphatic heterocycles. The van der Waals surface area contributed by atoms with E-state index in [2.05, 4.69) is 15.2 Å². The first kappa shape index (κ1) is 12.3. The highest BCUT2D eigenvalue weighted by Gasteiger charge is 2.22. The minimum Gasteiger partial charge on any atom is -0.383 e. The van der Waals surface area contributed by atoms with Crippen molar-refractivity contribution in [2.45, 2.75) is 25.7 Å². The van der Waals surface area contributed by atoms with Crippen molar-refractivity contribution < 1.29 is 0 Å². The maximum Gasteiger partial charge on any atom is 0.228 e. The Labute approximate surface area is 122 Å². The van der Waals surface area contributed by atoms with E-state index < -0.39 is 0 Å². The predicted molar refractivity (Wildman–Crippen MR) is 83.6 cm³/mol. The highest BCUT2D eigenvalue weighted by molar-refractivity contribution is 7.19. The van der Waals surface area contributed by atoms with E-state index >= 15 is 0 Å². The van der Waals surface area contributed by atoms with Crippen molar-refractivity contribution in [2.24, 2.45) is 0 Å². The van der Waals surface area contributed by atoms with Crippen molar-refractivity contribution in [1.82, 2.24) is 15.3 Å². The summed E-state index contributed by atoms with van der Waals surface area (Å²) in [6, 6.07) is 0. The SMILES string of the molecule is Nc1nc(N2CCNCC2)nc2sc3c(c12)CCCC3. The van der Waals surface area contributed by atoms with Crippen LogP contribution in [-0.2, 0) is 12.8 Å². The number of nitrogens with two attached hydrogens (primary N) is 1. The molecule has 0 saturated carbocycles. The Bertz CT molecular complexity index is 645. The minimum absolute atomic E-state index is 0.669. The van der Waals surface area contributed by atoms with E-state index in [1.54, 1.807) is 0 Å². The standard InChI is InChI=1S/C14H19N5S/c15-12-11-9-3-1-2-4-10(9)20-13(11)18-14(17-12)19-7-5-16-6-8-19/h16H,1-8H2,(H2,15,17,18). The Hall–Kier alpha value is -1.40. The monoisotopic (exact) mass is 289 g/mol. The molecule has 0 atom stereocenters. The molecule has 3 N–H and O–H groups in total. The number of hydrogen-bond acceptors (Lipinski definition) is 6. The molecule has 1 fully saturated rings. The summed E-state index contributed by atoms with van der Waals surface area (Å²) < 4.78 is 0. The molecule has 0 aromatic carbocycles. The summed E-state index contributed by atoms with van der Waals surface area (Å²) >= 11 is 1.82. The molecule has 20 heavy (non-hydrogen) atoms. The predicted octanol–water partition coefficient (Wildman–Crippen LogP) is 1.56. The zero-order valence-corrected chi connectivity index (χ0v) is 12.3. The molecule has 2 aliphatic rings. The fraction of sp³-hybridized carbons (Fsp3) is 0.571. The number of nitrogen functional groups attached to an aromatic ring is 1. The zero-order valence-electron chi connectivity index (χ0n) is 11.5. The molecule has 5 nitrogen and oxygen atoms in total.